The quantitative estimate of drug-likeness (QED) is 0.608. The van der Waals surface area contributed by atoms with Crippen LogP contribution in [0.5, 0.6) is 0 Å². The van der Waals surface area contributed by atoms with Gasteiger partial charge in [0.15, 0.2) is 0 Å². The molecule has 7 heteroatoms. The van der Waals surface area contributed by atoms with E-state index >= 15 is 0 Å². The highest BCUT2D eigenvalue weighted by atomic mass is 32.2. The minimum Gasteiger partial charge on any atom is -0.481 e. The molecule has 1 aromatic carbocycles. The van der Waals surface area contributed by atoms with Crippen LogP contribution in [0.3, 0.4) is 0 Å². The summed E-state index contributed by atoms with van der Waals surface area (Å²) in [6.45, 7) is 3.12. The number of rotatable bonds is 8. The second kappa shape index (κ2) is 7.37. The van der Waals surface area contributed by atoms with Crippen LogP contribution in [-0.4, -0.2) is 38.8 Å². The van der Waals surface area contributed by atoms with E-state index in [0.29, 0.717) is 19.6 Å². The molecule has 20 heavy (non-hydrogen) atoms. The molecule has 0 aromatic heterocycles. The monoisotopic (exact) mass is 300 g/mol. The van der Waals surface area contributed by atoms with Crippen LogP contribution in [0.1, 0.15) is 24.0 Å². The average molecular weight is 300 g/mol. The van der Waals surface area contributed by atoms with Crippen LogP contribution in [0.25, 0.3) is 0 Å². The molecule has 6 nitrogen and oxygen atoms in total. The van der Waals surface area contributed by atoms with Crippen molar-refractivity contribution in [1.82, 2.24) is 10.0 Å². The number of carboxylic acids is 1. The first kappa shape index (κ1) is 16.6. The second-order valence-corrected chi connectivity index (χ2v) is 6.48. The number of benzene rings is 1. The summed E-state index contributed by atoms with van der Waals surface area (Å²) in [6, 6.07) is 7.33. The topological polar surface area (TPSA) is 95.5 Å². The largest absolute Gasteiger partial charge is 0.481 e. The first-order chi connectivity index (χ1) is 9.29. The predicted octanol–water partition coefficient (Wildman–Crippen LogP) is 0.514. The van der Waals surface area contributed by atoms with Crippen molar-refractivity contribution < 1.29 is 18.3 Å². The van der Waals surface area contributed by atoms with E-state index in [4.69, 9.17) is 5.11 Å². The molecule has 0 aliphatic carbocycles. The van der Waals surface area contributed by atoms with Crippen LogP contribution in [0.15, 0.2) is 24.3 Å². The van der Waals surface area contributed by atoms with Crippen molar-refractivity contribution in [3.8, 4) is 0 Å². The third kappa shape index (κ3) is 6.14. The van der Waals surface area contributed by atoms with Crippen molar-refractivity contribution in [3.63, 3.8) is 0 Å². The molecular weight excluding hydrogens is 280 g/mol. The fourth-order valence-corrected chi connectivity index (χ4v) is 2.10. The van der Waals surface area contributed by atoms with Crippen molar-refractivity contribution in [2.24, 2.45) is 0 Å². The Morgan fingerprint density at radius 2 is 1.85 bits per heavy atom. The Kier molecular flexibility index (Phi) is 6.12. The smallest absolute Gasteiger partial charge is 0.310 e. The Hall–Kier alpha value is -1.44. The Balaban J connectivity index is 2.37. The van der Waals surface area contributed by atoms with Gasteiger partial charge < -0.3 is 10.4 Å². The van der Waals surface area contributed by atoms with E-state index in [2.05, 4.69) is 10.0 Å². The van der Waals surface area contributed by atoms with Gasteiger partial charge in [0.1, 0.15) is 0 Å². The Bertz CT molecular complexity index is 540. The van der Waals surface area contributed by atoms with E-state index in [1.807, 2.05) is 12.1 Å². The van der Waals surface area contributed by atoms with E-state index < -0.39 is 21.9 Å². The highest BCUT2D eigenvalue weighted by Gasteiger charge is 2.12. The molecule has 1 rings (SSSR count). The van der Waals surface area contributed by atoms with Gasteiger partial charge in [0, 0.05) is 19.6 Å². The molecule has 1 unspecified atom stereocenters. The Labute approximate surface area is 119 Å². The van der Waals surface area contributed by atoms with Gasteiger partial charge in [-0.2, -0.15) is 0 Å². The van der Waals surface area contributed by atoms with E-state index in [-0.39, 0.29) is 0 Å². The minimum absolute atomic E-state index is 0.340. The Morgan fingerprint density at radius 1 is 1.25 bits per heavy atom. The van der Waals surface area contributed by atoms with Gasteiger partial charge in [0.05, 0.1) is 12.2 Å². The van der Waals surface area contributed by atoms with E-state index in [1.54, 1.807) is 19.1 Å². The van der Waals surface area contributed by atoms with Crippen molar-refractivity contribution >= 4 is 16.0 Å². The summed E-state index contributed by atoms with van der Waals surface area (Å²) in [4.78, 5) is 10.8. The summed E-state index contributed by atoms with van der Waals surface area (Å²) in [5.41, 5.74) is 1.78. The lowest BCUT2D eigenvalue weighted by atomic mass is 10.0. The second-order valence-electron chi connectivity index (χ2n) is 4.64. The van der Waals surface area contributed by atoms with Gasteiger partial charge >= 0.3 is 5.97 Å². The third-order valence-corrected chi connectivity index (χ3v) is 3.57. The van der Waals surface area contributed by atoms with Crippen LogP contribution in [0, 0.1) is 0 Å². The molecule has 0 spiro atoms. The lowest BCUT2D eigenvalue weighted by molar-refractivity contribution is -0.138. The number of carbonyl (C=O) groups is 1. The lowest BCUT2D eigenvalue weighted by Crippen LogP contribution is -2.30. The maximum atomic E-state index is 10.8. The zero-order valence-electron chi connectivity index (χ0n) is 11.6. The molecule has 0 radical (unpaired) electrons. The van der Waals surface area contributed by atoms with Gasteiger partial charge in [-0.3, -0.25) is 4.79 Å². The Morgan fingerprint density at radius 3 is 2.35 bits per heavy atom. The van der Waals surface area contributed by atoms with Gasteiger partial charge in [-0.05, 0) is 18.1 Å². The predicted molar refractivity (Wildman–Crippen MR) is 77.0 cm³/mol. The number of sulfonamides is 1. The van der Waals surface area contributed by atoms with Gasteiger partial charge in [-0.15, -0.1) is 0 Å². The highest BCUT2D eigenvalue weighted by Crippen LogP contribution is 2.15. The molecule has 3 N–H and O–H groups in total. The third-order valence-electron chi connectivity index (χ3n) is 2.85. The fourth-order valence-electron chi connectivity index (χ4n) is 1.62. The van der Waals surface area contributed by atoms with Crippen molar-refractivity contribution in [3.05, 3.63) is 35.4 Å². The van der Waals surface area contributed by atoms with Gasteiger partial charge in [0.25, 0.3) is 0 Å². The minimum atomic E-state index is -3.14. The molecule has 1 atom stereocenters. The molecule has 0 bridgehead atoms. The SMILES string of the molecule is CC(C(=O)O)c1ccc(CNCCNS(C)(=O)=O)cc1. The average Bonchev–Trinajstić information content (AvgIpc) is 2.37. The number of carboxylic acid groups (broad SMARTS) is 1. The number of nitrogens with one attached hydrogen (secondary N) is 2. The first-order valence-electron chi connectivity index (χ1n) is 6.26. The molecule has 112 valence electrons. The van der Waals surface area contributed by atoms with Gasteiger partial charge in [-0.1, -0.05) is 24.3 Å². The molecule has 0 heterocycles. The summed E-state index contributed by atoms with van der Waals surface area (Å²) < 4.78 is 24.1. The van der Waals surface area contributed by atoms with Crippen LogP contribution < -0.4 is 10.0 Å². The molecule has 1 aromatic rings. The standard InChI is InChI=1S/C13H20N2O4S/c1-10(13(16)17)12-5-3-11(4-6-12)9-14-7-8-15-20(2,18)19/h3-6,10,14-15H,7-9H2,1-2H3,(H,16,17). The number of hydrogen-bond donors (Lipinski definition) is 3. The molecule has 0 saturated heterocycles. The normalized spacial score (nSPS) is 13.1. The van der Waals surface area contributed by atoms with Gasteiger partial charge in [0.2, 0.25) is 10.0 Å². The summed E-state index contributed by atoms with van der Waals surface area (Å²) >= 11 is 0. The van der Waals surface area contributed by atoms with E-state index in [9.17, 15) is 13.2 Å². The molecule has 0 saturated carbocycles. The van der Waals surface area contributed by atoms with Crippen molar-refractivity contribution in [2.45, 2.75) is 19.4 Å². The summed E-state index contributed by atoms with van der Waals surface area (Å²) in [5, 5.41) is 12.0. The zero-order valence-corrected chi connectivity index (χ0v) is 12.4. The van der Waals surface area contributed by atoms with E-state index in [0.717, 1.165) is 17.4 Å². The van der Waals surface area contributed by atoms with Crippen LogP contribution in [0.2, 0.25) is 0 Å². The molecule has 0 aliphatic heterocycles. The fraction of sp³-hybridized carbons (Fsp3) is 0.462. The highest BCUT2D eigenvalue weighted by molar-refractivity contribution is 7.88. The van der Waals surface area contributed by atoms with Crippen LogP contribution in [0.4, 0.5) is 0 Å². The maximum Gasteiger partial charge on any atom is 0.310 e. The maximum absolute atomic E-state index is 10.8. The molecule has 0 amide bonds. The lowest BCUT2D eigenvalue weighted by Gasteiger charge is -2.09. The molecule has 0 fully saturated rings. The number of hydrogen-bond acceptors (Lipinski definition) is 4. The molecule has 0 aliphatic rings. The van der Waals surface area contributed by atoms with Gasteiger partial charge in [-0.25, -0.2) is 13.1 Å². The summed E-state index contributed by atoms with van der Waals surface area (Å²) in [5.74, 6) is -1.36. The van der Waals surface area contributed by atoms with Crippen LogP contribution in [-0.2, 0) is 21.4 Å². The van der Waals surface area contributed by atoms with Crippen molar-refractivity contribution in [2.75, 3.05) is 19.3 Å². The summed E-state index contributed by atoms with van der Waals surface area (Å²) in [6.07, 6.45) is 1.12. The van der Waals surface area contributed by atoms with E-state index in [1.165, 1.54) is 0 Å². The molecular formula is C13H20N2O4S. The van der Waals surface area contributed by atoms with Crippen LogP contribution >= 0.6 is 0 Å². The zero-order chi connectivity index (χ0) is 15.2. The summed E-state index contributed by atoms with van der Waals surface area (Å²) in [7, 11) is -3.14. The number of aliphatic carboxylic acids is 1. The first-order valence-corrected chi connectivity index (χ1v) is 8.16. The van der Waals surface area contributed by atoms with Crippen molar-refractivity contribution in [1.29, 1.82) is 0 Å².